The fraction of sp³-hybridized carbons (Fsp3) is 0.333. The molecule has 20 heavy (non-hydrogen) atoms. The summed E-state index contributed by atoms with van der Waals surface area (Å²) < 4.78 is 5.28. The van der Waals surface area contributed by atoms with E-state index in [9.17, 15) is 4.79 Å². The van der Waals surface area contributed by atoms with Gasteiger partial charge in [0, 0.05) is 28.1 Å². The number of aromatic nitrogens is 1. The first kappa shape index (κ1) is 14.7. The largest absolute Gasteiger partial charge is 0.459 e. The van der Waals surface area contributed by atoms with Crippen LogP contribution < -0.4 is 5.73 Å². The standard InChI is InChI=1S/C15H18N2O2S/c1-15(2,3)19-13(18)9-20-12-5-4-10-8-17-7-6-11(10)14(12)16/h4-8H,9,16H2,1-3H3. The van der Waals surface area contributed by atoms with E-state index in [2.05, 4.69) is 4.98 Å². The molecule has 106 valence electrons. The first-order valence-electron chi connectivity index (χ1n) is 6.34. The average molecular weight is 290 g/mol. The molecular weight excluding hydrogens is 272 g/mol. The van der Waals surface area contributed by atoms with E-state index in [1.54, 1.807) is 12.4 Å². The third-order valence-corrected chi connectivity index (χ3v) is 3.63. The number of hydrogen-bond acceptors (Lipinski definition) is 5. The minimum atomic E-state index is -0.460. The normalized spacial score (nSPS) is 11.6. The van der Waals surface area contributed by atoms with Crippen molar-refractivity contribution < 1.29 is 9.53 Å². The van der Waals surface area contributed by atoms with Crippen LogP contribution in [0.2, 0.25) is 0 Å². The zero-order valence-electron chi connectivity index (χ0n) is 11.8. The predicted molar refractivity (Wildman–Crippen MR) is 82.7 cm³/mol. The smallest absolute Gasteiger partial charge is 0.316 e. The van der Waals surface area contributed by atoms with Crippen molar-refractivity contribution in [3.63, 3.8) is 0 Å². The fourth-order valence-electron chi connectivity index (χ4n) is 1.81. The molecule has 0 aliphatic heterocycles. The van der Waals surface area contributed by atoms with E-state index in [1.807, 2.05) is 39.0 Å². The number of pyridine rings is 1. The topological polar surface area (TPSA) is 65.2 Å². The summed E-state index contributed by atoms with van der Waals surface area (Å²) in [5.41, 5.74) is 6.35. The number of carbonyl (C=O) groups excluding carboxylic acids is 1. The third kappa shape index (κ3) is 3.63. The molecule has 0 saturated heterocycles. The number of esters is 1. The molecule has 0 atom stereocenters. The SMILES string of the molecule is CC(C)(C)OC(=O)CSc1ccc2cnccc2c1N. The van der Waals surface area contributed by atoms with Crippen LogP contribution in [-0.2, 0) is 9.53 Å². The van der Waals surface area contributed by atoms with Crippen molar-refractivity contribution in [1.82, 2.24) is 4.98 Å². The maximum atomic E-state index is 11.7. The molecule has 1 heterocycles. The Hall–Kier alpha value is -1.75. The zero-order chi connectivity index (χ0) is 14.8. The van der Waals surface area contributed by atoms with Crippen molar-refractivity contribution in [2.75, 3.05) is 11.5 Å². The summed E-state index contributed by atoms with van der Waals surface area (Å²) >= 11 is 1.39. The molecule has 0 saturated carbocycles. The molecular formula is C15H18N2O2S. The summed E-state index contributed by atoms with van der Waals surface area (Å²) in [5, 5.41) is 1.95. The lowest BCUT2D eigenvalue weighted by Gasteiger charge is -2.19. The van der Waals surface area contributed by atoms with Crippen LogP contribution >= 0.6 is 11.8 Å². The van der Waals surface area contributed by atoms with Gasteiger partial charge in [-0.15, -0.1) is 11.8 Å². The second-order valence-corrected chi connectivity index (χ2v) is 6.47. The molecule has 0 fully saturated rings. The number of benzene rings is 1. The van der Waals surface area contributed by atoms with E-state index in [0.29, 0.717) is 5.69 Å². The molecule has 0 unspecified atom stereocenters. The summed E-state index contributed by atoms with van der Waals surface area (Å²) in [6.45, 7) is 5.56. The van der Waals surface area contributed by atoms with Crippen molar-refractivity contribution in [2.24, 2.45) is 0 Å². The molecule has 0 aliphatic carbocycles. The highest BCUT2D eigenvalue weighted by atomic mass is 32.2. The number of hydrogen-bond donors (Lipinski definition) is 1. The highest BCUT2D eigenvalue weighted by Gasteiger charge is 2.16. The minimum Gasteiger partial charge on any atom is -0.459 e. The molecule has 1 aromatic heterocycles. The van der Waals surface area contributed by atoms with Gasteiger partial charge in [-0.25, -0.2) is 0 Å². The fourth-order valence-corrected chi connectivity index (χ4v) is 2.57. The van der Waals surface area contributed by atoms with Gasteiger partial charge in [0.2, 0.25) is 0 Å². The van der Waals surface area contributed by atoms with Crippen molar-refractivity contribution in [2.45, 2.75) is 31.3 Å². The van der Waals surface area contributed by atoms with Crippen molar-refractivity contribution in [1.29, 1.82) is 0 Å². The number of nitrogens with two attached hydrogens (primary N) is 1. The van der Waals surface area contributed by atoms with E-state index < -0.39 is 5.60 Å². The Kier molecular flexibility index (Phi) is 4.18. The lowest BCUT2D eigenvalue weighted by molar-refractivity contribution is -0.151. The van der Waals surface area contributed by atoms with Crippen LogP contribution in [-0.4, -0.2) is 22.3 Å². The number of nitrogen functional groups attached to an aromatic ring is 1. The van der Waals surface area contributed by atoms with Crippen LogP contribution in [0, 0.1) is 0 Å². The molecule has 1 aromatic carbocycles. The molecule has 0 spiro atoms. The summed E-state index contributed by atoms with van der Waals surface area (Å²) in [6.07, 6.45) is 3.48. The molecule has 4 nitrogen and oxygen atoms in total. The summed E-state index contributed by atoms with van der Waals surface area (Å²) in [6, 6.07) is 5.74. The molecule has 2 N–H and O–H groups in total. The number of anilines is 1. The third-order valence-electron chi connectivity index (χ3n) is 2.59. The lowest BCUT2D eigenvalue weighted by Crippen LogP contribution is -2.24. The molecule has 0 bridgehead atoms. The number of fused-ring (bicyclic) bond motifs is 1. The molecule has 0 radical (unpaired) electrons. The monoisotopic (exact) mass is 290 g/mol. The van der Waals surface area contributed by atoms with E-state index in [-0.39, 0.29) is 11.7 Å². The molecule has 2 rings (SSSR count). The lowest BCUT2D eigenvalue weighted by atomic mass is 10.1. The molecule has 0 amide bonds. The molecule has 0 aliphatic rings. The maximum Gasteiger partial charge on any atom is 0.316 e. The highest BCUT2D eigenvalue weighted by molar-refractivity contribution is 8.00. The van der Waals surface area contributed by atoms with Crippen LogP contribution in [0.4, 0.5) is 5.69 Å². The Balaban J connectivity index is 2.11. The van der Waals surface area contributed by atoms with Crippen molar-refractivity contribution >= 4 is 34.2 Å². The summed E-state index contributed by atoms with van der Waals surface area (Å²) in [4.78, 5) is 16.7. The quantitative estimate of drug-likeness (QED) is 0.534. The number of carbonyl (C=O) groups is 1. The maximum absolute atomic E-state index is 11.7. The van der Waals surface area contributed by atoms with Gasteiger partial charge in [0.05, 0.1) is 11.4 Å². The average Bonchev–Trinajstić information content (AvgIpc) is 2.36. The predicted octanol–water partition coefficient (Wildman–Crippen LogP) is 3.25. The second kappa shape index (κ2) is 5.71. The van der Waals surface area contributed by atoms with E-state index in [0.717, 1.165) is 15.7 Å². The van der Waals surface area contributed by atoms with Gasteiger partial charge in [-0.3, -0.25) is 9.78 Å². The first-order valence-corrected chi connectivity index (χ1v) is 7.32. The molecule has 5 heteroatoms. The van der Waals surface area contributed by atoms with Gasteiger partial charge in [0.25, 0.3) is 0 Å². The van der Waals surface area contributed by atoms with E-state index in [1.165, 1.54) is 11.8 Å². The Morgan fingerprint density at radius 3 is 2.80 bits per heavy atom. The van der Waals surface area contributed by atoms with Crippen molar-refractivity contribution in [3.8, 4) is 0 Å². The highest BCUT2D eigenvalue weighted by Crippen LogP contribution is 2.31. The van der Waals surface area contributed by atoms with Gasteiger partial charge in [-0.2, -0.15) is 0 Å². The van der Waals surface area contributed by atoms with Crippen LogP contribution in [0.1, 0.15) is 20.8 Å². The first-order chi connectivity index (χ1) is 9.37. The number of ether oxygens (including phenoxy) is 1. The van der Waals surface area contributed by atoms with Gasteiger partial charge in [-0.1, -0.05) is 6.07 Å². The Bertz CT molecular complexity index is 635. The van der Waals surface area contributed by atoms with Crippen LogP contribution in [0.3, 0.4) is 0 Å². The van der Waals surface area contributed by atoms with Gasteiger partial charge >= 0.3 is 5.97 Å². The second-order valence-electron chi connectivity index (χ2n) is 5.45. The zero-order valence-corrected chi connectivity index (χ0v) is 12.7. The van der Waals surface area contributed by atoms with E-state index >= 15 is 0 Å². The van der Waals surface area contributed by atoms with Crippen molar-refractivity contribution in [3.05, 3.63) is 30.6 Å². The van der Waals surface area contributed by atoms with E-state index in [4.69, 9.17) is 10.5 Å². The Morgan fingerprint density at radius 2 is 2.10 bits per heavy atom. The van der Waals surface area contributed by atoms with Crippen LogP contribution in [0.5, 0.6) is 0 Å². The number of rotatable bonds is 3. The Morgan fingerprint density at radius 1 is 1.35 bits per heavy atom. The van der Waals surface area contributed by atoms with Crippen LogP contribution in [0.15, 0.2) is 35.5 Å². The number of thioether (sulfide) groups is 1. The minimum absolute atomic E-state index is 0.239. The molecule has 2 aromatic rings. The van der Waals surface area contributed by atoms with Gasteiger partial charge in [-0.05, 0) is 32.9 Å². The van der Waals surface area contributed by atoms with Gasteiger partial charge in [0.15, 0.2) is 0 Å². The Labute approximate surface area is 122 Å². The van der Waals surface area contributed by atoms with Crippen LogP contribution in [0.25, 0.3) is 10.8 Å². The summed E-state index contributed by atoms with van der Waals surface area (Å²) in [5.74, 6) is 0.00893. The number of nitrogens with zero attached hydrogens (tertiary/aromatic N) is 1. The summed E-state index contributed by atoms with van der Waals surface area (Å²) in [7, 11) is 0. The van der Waals surface area contributed by atoms with Gasteiger partial charge < -0.3 is 10.5 Å². The van der Waals surface area contributed by atoms with Gasteiger partial charge in [0.1, 0.15) is 5.60 Å².